The maximum absolute atomic E-state index is 12.4. The molecule has 2 aromatic rings. The Labute approximate surface area is 142 Å². The lowest BCUT2D eigenvalue weighted by atomic mass is 10.2. The summed E-state index contributed by atoms with van der Waals surface area (Å²) in [4.78, 5) is 36.1. The Morgan fingerprint density at radius 3 is 2.71 bits per heavy atom. The summed E-state index contributed by atoms with van der Waals surface area (Å²) < 4.78 is 0. The molecule has 0 bridgehead atoms. The molecule has 1 aliphatic heterocycles. The summed E-state index contributed by atoms with van der Waals surface area (Å²) in [6, 6.07) is 11.2. The van der Waals surface area contributed by atoms with Gasteiger partial charge in [-0.2, -0.15) is 0 Å². The van der Waals surface area contributed by atoms with Gasteiger partial charge in [0.1, 0.15) is 5.02 Å². The van der Waals surface area contributed by atoms with E-state index in [9.17, 15) is 19.7 Å². The van der Waals surface area contributed by atoms with Crippen molar-refractivity contribution in [3.63, 3.8) is 0 Å². The molecule has 122 valence electrons. The first kappa shape index (κ1) is 15.9. The number of hydrogen-bond donors (Lipinski definition) is 1. The topological polar surface area (TPSA) is 92.5 Å². The fourth-order valence-electron chi connectivity index (χ4n) is 2.59. The Bertz CT molecular complexity index is 853. The van der Waals surface area contributed by atoms with Gasteiger partial charge in [0.2, 0.25) is 0 Å². The molecule has 0 spiro atoms. The molecule has 0 saturated carbocycles. The van der Waals surface area contributed by atoms with E-state index >= 15 is 0 Å². The minimum Gasteiger partial charge on any atom is -0.318 e. The Morgan fingerprint density at radius 1 is 1.21 bits per heavy atom. The SMILES string of the molecule is O=C(Nc1ccc(Cl)c([N+](=O)[O-])c1)C(=O)N1CCc2ccccc21. The predicted molar refractivity (Wildman–Crippen MR) is 89.2 cm³/mol. The zero-order valence-corrected chi connectivity index (χ0v) is 13.1. The van der Waals surface area contributed by atoms with Crippen LogP contribution in [0.3, 0.4) is 0 Å². The molecule has 8 heteroatoms. The Kier molecular flexibility index (Phi) is 4.18. The van der Waals surface area contributed by atoms with Crippen molar-refractivity contribution in [1.82, 2.24) is 0 Å². The van der Waals surface area contributed by atoms with Gasteiger partial charge >= 0.3 is 11.8 Å². The van der Waals surface area contributed by atoms with Crippen molar-refractivity contribution in [3.05, 3.63) is 63.2 Å². The molecular weight excluding hydrogens is 334 g/mol. The van der Waals surface area contributed by atoms with Crippen molar-refractivity contribution < 1.29 is 14.5 Å². The number of nitro benzene ring substituents is 1. The second kappa shape index (κ2) is 6.29. The van der Waals surface area contributed by atoms with Gasteiger partial charge in [-0.1, -0.05) is 29.8 Å². The van der Waals surface area contributed by atoms with E-state index in [1.807, 2.05) is 12.1 Å². The lowest BCUT2D eigenvalue weighted by Gasteiger charge is -2.16. The highest BCUT2D eigenvalue weighted by molar-refractivity contribution is 6.44. The van der Waals surface area contributed by atoms with Crippen molar-refractivity contribution in [2.75, 3.05) is 16.8 Å². The van der Waals surface area contributed by atoms with Crippen molar-refractivity contribution in [2.24, 2.45) is 0 Å². The second-order valence-corrected chi connectivity index (χ2v) is 5.62. The summed E-state index contributed by atoms with van der Waals surface area (Å²) in [6.07, 6.45) is 0.682. The summed E-state index contributed by atoms with van der Waals surface area (Å²) in [5.74, 6) is -1.57. The monoisotopic (exact) mass is 345 g/mol. The molecule has 0 aromatic heterocycles. The number of benzene rings is 2. The quantitative estimate of drug-likeness (QED) is 0.514. The number of amides is 2. The zero-order chi connectivity index (χ0) is 17.3. The van der Waals surface area contributed by atoms with Crippen molar-refractivity contribution >= 4 is 40.5 Å². The third-order valence-corrected chi connectivity index (χ3v) is 4.05. The molecule has 2 amide bonds. The van der Waals surface area contributed by atoms with E-state index in [1.165, 1.54) is 17.0 Å². The maximum atomic E-state index is 12.4. The highest BCUT2D eigenvalue weighted by Gasteiger charge is 2.29. The fourth-order valence-corrected chi connectivity index (χ4v) is 2.77. The van der Waals surface area contributed by atoms with Gasteiger partial charge in [0.15, 0.2) is 0 Å². The highest BCUT2D eigenvalue weighted by Crippen LogP contribution is 2.29. The molecule has 0 unspecified atom stereocenters. The van der Waals surface area contributed by atoms with Crippen LogP contribution in [0, 0.1) is 10.1 Å². The van der Waals surface area contributed by atoms with Gasteiger partial charge in [0, 0.05) is 24.0 Å². The van der Waals surface area contributed by atoms with Crippen LogP contribution in [0.4, 0.5) is 17.1 Å². The lowest BCUT2D eigenvalue weighted by molar-refractivity contribution is -0.384. The number of para-hydroxylation sites is 1. The van der Waals surface area contributed by atoms with Gasteiger partial charge in [-0.3, -0.25) is 19.7 Å². The van der Waals surface area contributed by atoms with Gasteiger partial charge in [-0.25, -0.2) is 0 Å². The van der Waals surface area contributed by atoms with Crippen LogP contribution in [0.25, 0.3) is 0 Å². The minimum absolute atomic E-state index is 0.0437. The molecule has 7 nitrogen and oxygen atoms in total. The van der Waals surface area contributed by atoms with Crippen molar-refractivity contribution in [2.45, 2.75) is 6.42 Å². The molecule has 0 fully saturated rings. The molecule has 1 N–H and O–H groups in total. The Hall–Kier alpha value is -2.93. The van der Waals surface area contributed by atoms with Crippen LogP contribution in [0.1, 0.15) is 5.56 Å². The second-order valence-electron chi connectivity index (χ2n) is 5.21. The number of fused-ring (bicyclic) bond motifs is 1. The standard InChI is InChI=1S/C16H12ClN3O4/c17-12-6-5-11(9-14(12)20(23)24)18-15(21)16(22)19-8-7-10-3-1-2-4-13(10)19/h1-6,9H,7-8H2,(H,18,21). The molecule has 2 aromatic carbocycles. The average molecular weight is 346 g/mol. The van der Waals surface area contributed by atoms with Crippen molar-refractivity contribution in [1.29, 1.82) is 0 Å². The van der Waals surface area contributed by atoms with E-state index in [1.54, 1.807) is 12.1 Å². The maximum Gasteiger partial charge on any atom is 0.316 e. The third-order valence-electron chi connectivity index (χ3n) is 3.73. The van der Waals surface area contributed by atoms with Crippen LogP contribution in [-0.2, 0) is 16.0 Å². The van der Waals surface area contributed by atoms with Crippen LogP contribution < -0.4 is 10.2 Å². The number of hydrogen-bond acceptors (Lipinski definition) is 4. The third kappa shape index (κ3) is 2.93. The number of nitrogens with zero attached hydrogens (tertiary/aromatic N) is 2. The van der Waals surface area contributed by atoms with Gasteiger partial charge in [-0.05, 0) is 30.2 Å². The van der Waals surface area contributed by atoms with Crippen LogP contribution in [0.2, 0.25) is 5.02 Å². The highest BCUT2D eigenvalue weighted by atomic mass is 35.5. The van der Waals surface area contributed by atoms with Crippen molar-refractivity contribution in [3.8, 4) is 0 Å². The first-order valence-electron chi connectivity index (χ1n) is 7.12. The van der Waals surface area contributed by atoms with E-state index < -0.39 is 16.7 Å². The van der Waals surface area contributed by atoms with Crippen LogP contribution in [0.15, 0.2) is 42.5 Å². The molecule has 0 atom stereocenters. The zero-order valence-electron chi connectivity index (χ0n) is 12.4. The van der Waals surface area contributed by atoms with Crippen LogP contribution in [0.5, 0.6) is 0 Å². The smallest absolute Gasteiger partial charge is 0.316 e. The van der Waals surface area contributed by atoms with E-state index in [2.05, 4.69) is 5.32 Å². The normalized spacial score (nSPS) is 12.6. The first-order chi connectivity index (χ1) is 11.5. The average Bonchev–Trinajstić information content (AvgIpc) is 2.99. The number of nitro groups is 1. The van der Waals surface area contributed by atoms with Gasteiger partial charge in [-0.15, -0.1) is 0 Å². The summed E-state index contributed by atoms with van der Waals surface area (Å²) in [7, 11) is 0. The molecule has 0 saturated heterocycles. The number of nitrogens with one attached hydrogen (secondary N) is 1. The largest absolute Gasteiger partial charge is 0.318 e. The molecule has 0 radical (unpaired) electrons. The molecule has 24 heavy (non-hydrogen) atoms. The lowest BCUT2D eigenvalue weighted by Crippen LogP contribution is -2.38. The summed E-state index contributed by atoms with van der Waals surface area (Å²) in [5.41, 5.74) is 1.51. The Morgan fingerprint density at radius 2 is 1.96 bits per heavy atom. The predicted octanol–water partition coefficient (Wildman–Crippen LogP) is 2.78. The summed E-state index contributed by atoms with van der Waals surface area (Å²) in [6.45, 7) is 0.423. The summed E-state index contributed by atoms with van der Waals surface area (Å²) in [5, 5.41) is 13.2. The number of carbonyl (C=O) groups is 2. The minimum atomic E-state index is -0.858. The number of anilines is 2. The van der Waals surface area contributed by atoms with E-state index in [0.717, 1.165) is 11.6 Å². The van der Waals surface area contributed by atoms with Gasteiger partial charge in [0.05, 0.1) is 4.92 Å². The first-order valence-corrected chi connectivity index (χ1v) is 7.50. The molecule has 3 rings (SSSR count). The molecule has 1 heterocycles. The van der Waals surface area contributed by atoms with Crippen LogP contribution >= 0.6 is 11.6 Å². The van der Waals surface area contributed by atoms with Crippen LogP contribution in [-0.4, -0.2) is 23.3 Å². The molecule has 1 aliphatic rings. The Balaban J connectivity index is 1.77. The van der Waals surface area contributed by atoms with Gasteiger partial charge < -0.3 is 10.2 Å². The molecule has 0 aliphatic carbocycles. The number of carbonyl (C=O) groups excluding carboxylic acids is 2. The van der Waals surface area contributed by atoms with E-state index in [4.69, 9.17) is 11.6 Å². The van der Waals surface area contributed by atoms with E-state index in [0.29, 0.717) is 18.7 Å². The fraction of sp³-hybridized carbons (Fsp3) is 0.125. The van der Waals surface area contributed by atoms with Gasteiger partial charge in [0.25, 0.3) is 5.69 Å². The number of rotatable bonds is 2. The summed E-state index contributed by atoms with van der Waals surface area (Å²) >= 11 is 5.72. The molecular formula is C16H12ClN3O4. The number of halogens is 1. The van der Waals surface area contributed by atoms with E-state index in [-0.39, 0.29) is 16.4 Å².